The normalized spacial score (nSPS) is 10.1. The molecule has 2 aromatic carbocycles. The number of nitro benzene ring substituents is 1. The lowest BCUT2D eigenvalue weighted by Crippen LogP contribution is -2.22. The third-order valence-corrected chi connectivity index (χ3v) is 3.71. The number of nitrogens with one attached hydrogen (secondary N) is 2. The van der Waals surface area contributed by atoms with Crippen molar-refractivity contribution in [3.63, 3.8) is 0 Å². The number of benzene rings is 2. The Bertz CT molecular complexity index is 780. The van der Waals surface area contributed by atoms with Gasteiger partial charge in [0.2, 0.25) is 5.91 Å². The van der Waals surface area contributed by atoms with Gasteiger partial charge < -0.3 is 15.4 Å². The summed E-state index contributed by atoms with van der Waals surface area (Å²) in [7, 11) is 1.41. The van der Waals surface area contributed by atoms with Crippen LogP contribution in [0.3, 0.4) is 0 Å². The zero-order valence-corrected chi connectivity index (χ0v) is 13.9. The van der Waals surface area contributed by atoms with Gasteiger partial charge in [0, 0.05) is 10.7 Å². The number of nitrogens with zero attached hydrogens (tertiary/aromatic N) is 1. The van der Waals surface area contributed by atoms with E-state index in [0.717, 1.165) is 5.56 Å². The molecule has 0 radical (unpaired) electrons. The summed E-state index contributed by atoms with van der Waals surface area (Å²) in [6.45, 7) is 1.82. The Hall–Kier alpha value is -2.80. The standard InChI is InChI=1S/C16H16ClN3O4/c1-10-3-4-11(7-13(10)17)18-9-16(21)19-14-6-5-12(24-2)8-15(14)20(22)23/h3-8,18H,9H2,1-2H3,(H,19,21). The van der Waals surface area contributed by atoms with Crippen LogP contribution in [-0.4, -0.2) is 24.5 Å². The summed E-state index contributed by atoms with van der Waals surface area (Å²) in [6.07, 6.45) is 0. The van der Waals surface area contributed by atoms with Crippen molar-refractivity contribution in [3.05, 3.63) is 57.1 Å². The van der Waals surface area contributed by atoms with E-state index in [0.29, 0.717) is 16.5 Å². The number of anilines is 2. The maximum absolute atomic E-state index is 12.0. The Morgan fingerprint density at radius 1 is 1.29 bits per heavy atom. The van der Waals surface area contributed by atoms with Gasteiger partial charge in [-0.25, -0.2) is 0 Å². The van der Waals surface area contributed by atoms with Gasteiger partial charge in [0.15, 0.2) is 0 Å². The van der Waals surface area contributed by atoms with Crippen LogP contribution in [-0.2, 0) is 4.79 Å². The summed E-state index contributed by atoms with van der Waals surface area (Å²) in [5.41, 5.74) is 1.49. The summed E-state index contributed by atoms with van der Waals surface area (Å²) in [5.74, 6) is -0.0768. The smallest absolute Gasteiger partial charge is 0.296 e. The molecule has 0 aliphatic rings. The Morgan fingerprint density at radius 2 is 2.04 bits per heavy atom. The highest BCUT2D eigenvalue weighted by atomic mass is 35.5. The minimum Gasteiger partial charge on any atom is -0.496 e. The van der Waals surface area contributed by atoms with Crippen molar-refractivity contribution in [2.45, 2.75) is 6.92 Å². The van der Waals surface area contributed by atoms with Crippen molar-refractivity contribution in [2.24, 2.45) is 0 Å². The fourth-order valence-electron chi connectivity index (χ4n) is 1.97. The minimum atomic E-state index is -0.578. The molecule has 2 rings (SSSR count). The molecule has 0 unspecified atom stereocenters. The number of carbonyl (C=O) groups is 1. The lowest BCUT2D eigenvalue weighted by atomic mass is 10.2. The SMILES string of the molecule is COc1ccc(NC(=O)CNc2ccc(C)c(Cl)c2)c([N+](=O)[O-])c1. The topological polar surface area (TPSA) is 93.5 Å². The van der Waals surface area contributed by atoms with Crippen LogP contribution in [0.5, 0.6) is 5.75 Å². The van der Waals surface area contributed by atoms with Gasteiger partial charge in [-0.15, -0.1) is 0 Å². The second kappa shape index (κ2) is 7.65. The van der Waals surface area contributed by atoms with Crippen molar-refractivity contribution in [1.29, 1.82) is 0 Å². The highest BCUT2D eigenvalue weighted by molar-refractivity contribution is 6.31. The molecule has 24 heavy (non-hydrogen) atoms. The van der Waals surface area contributed by atoms with Crippen LogP contribution in [0.4, 0.5) is 17.1 Å². The largest absolute Gasteiger partial charge is 0.496 e. The molecule has 0 fully saturated rings. The van der Waals surface area contributed by atoms with Crippen LogP contribution in [0.15, 0.2) is 36.4 Å². The lowest BCUT2D eigenvalue weighted by Gasteiger charge is -2.10. The number of carbonyl (C=O) groups excluding carboxylic acids is 1. The van der Waals surface area contributed by atoms with E-state index < -0.39 is 10.8 Å². The van der Waals surface area contributed by atoms with E-state index in [1.807, 2.05) is 13.0 Å². The number of ether oxygens (including phenoxy) is 1. The third kappa shape index (κ3) is 4.36. The molecule has 1 amide bonds. The van der Waals surface area contributed by atoms with Crippen LogP contribution < -0.4 is 15.4 Å². The molecule has 0 spiro atoms. The van der Waals surface area contributed by atoms with Gasteiger partial charge in [0.1, 0.15) is 11.4 Å². The molecule has 126 valence electrons. The van der Waals surface area contributed by atoms with E-state index in [1.54, 1.807) is 12.1 Å². The van der Waals surface area contributed by atoms with Crippen LogP contribution in [0.1, 0.15) is 5.56 Å². The molecule has 0 aliphatic carbocycles. The molecule has 0 aliphatic heterocycles. The first-order chi connectivity index (χ1) is 11.4. The average molecular weight is 350 g/mol. The van der Waals surface area contributed by atoms with Crippen molar-refractivity contribution in [1.82, 2.24) is 0 Å². The van der Waals surface area contributed by atoms with E-state index >= 15 is 0 Å². The fraction of sp³-hybridized carbons (Fsp3) is 0.188. The molecule has 0 saturated carbocycles. The van der Waals surface area contributed by atoms with Crippen molar-refractivity contribution in [3.8, 4) is 5.75 Å². The van der Waals surface area contributed by atoms with Gasteiger partial charge in [0.25, 0.3) is 5.69 Å². The fourth-order valence-corrected chi connectivity index (χ4v) is 2.16. The predicted molar refractivity (Wildman–Crippen MR) is 93.0 cm³/mol. The van der Waals surface area contributed by atoms with E-state index in [1.165, 1.54) is 25.3 Å². The molecule has 7 nitrogen and oxygen atoms in total. The molecule has 0 saturated heterocycles. The molecule has 0 heterocycles. The Morgan fingerprint density at radius 3 is 2.67 bits per heavy atom. The molecular formula is C16H16ClN3O4. The van der Waals surface area contributed by atoms with Gasteiger partial charge in [0.05, 0.1) is 24.6 Å². The van der Waals surface area contributed by atoms with E-state index in [9.17, 15) is 14.9 Å². The zero-order valence-electron chi connectivity index (χ0n) is 13.1. The number of hydrogen-bond donors (Lipinski definition) is 2. The van der Waals surface area contributed by atoms with Gasteiger partial charge in [-0.2, -0.15) is 0 Å². The number of nitro groups is 1. The van der Waals surface area contributed by atoms with Crippen LogP contribution in [0, 0.1) is 17.0 Å². The Balaban J connectivity index is 2.04. The van der Waals surface area contributed by atoms with Crippen molar-refractivity contribution >= 4 is 34.6 Å². The number of aryl methyl sites for hydroxylation is 1. The minimum absolute atomic E-state index is 0.0530. The predicted octanol–water partition coefficient (Wildman–Crippen LogP) is 3.62. The lowest BCUT2D eigenvalue weighted by molar-refractivity contribution is -0.384. The van der Waals surface area contributed by atoms with E-state index in [4.69, 9.17) is 16.3 Å². The van der Waals surface area contributed by atoms with Gasteiger partial charge in [-0.05, 0) is 36.8 Å². The zero-order chi connectivity index (χ0) is 17.7. The van der Waals surface area contributed by atoms with Gasteiger partial charge in [-0.1, -0.05) is 17.7 Å². The van der Waals surface area contributed by atoms with Gasteiger partial charge in [-0.3, -0.25) is 14.9 Å². The third-order valence-electron chi connectivity index (χ3n) is 3.30. The first kappa shape index (κ1) is 17.6. The maximum Gasteiger partial charge on any atom is 0.296 e. The van der Waals surface area contributed by atoms with Crippen LogP contribution in [0.25, 0.3) is 0 Å². The number of rotatable bonds is 6. The first-order valence-electron chi connectivity index (χ1n) is 7.03. The number of hydrogen-bond acceptors (Lipinski definition) is 5. The van der Waals surface area contributed by atoms with E-state index in [2.05, 4.69) is 10.6 Å². The Kier molecular flexibility index (Phi) is 5.59. The summed E-state index contributed by atoms with van der Waals surface area (Å²) < 4.78 is 4.95. The highest BCUT2D eigenvalue weighted by Crippen LogP contribution is 2.28. The Labute approximate surface area is 143 Å². The second-order valence-electron chi connectivity index (χ2n) is 5.01. The molecule has 2 aromatic rings. The maximum atomic E-state index is 12.0. The molecule has 0 atom stereocenters. The summed E-state index contributed by atoms with van der Waals surface area (Å²) in [6, 6.07) is 9.55. The molecule has 0 bridgehead atoms. The molecule has 8 heteroatoms. The summed E-state index contributed by atoms with van der Waals surface area (Å²) in [4.78, 5) is 22.5. The van der Waals surface area contributed by atoms with Gasteiger partial charge >= 0.3 is 0 Å². The van der Waals surface area contributed by atoms with E-state index in [-0.39, 0.29) is 17.9 Å². The summed E-state index contributed by atoms with van der Waals surface area (Å²) >= 11 is 6.02. The quantitative estimate of drug-likeness (QED) is 0.613. The van der Waals surface area contributed by atoms with Crippen LogP contribution in [0.2, 0.25) is 5.02 Å². The summed E-state index contributed by atoms with van der Waals surface area (Å²) in [5, 5.41) is 17.1. The molecular weight excluding hydrogens is 334 g/mol. The monoisotopic (exact) mass is 349 g/mol. The second-order valence-corrected chi connectivity index (χ2v) is 5.41. The first-order valence-corrected chi connectivity index (χ1v) is 7.41. The molecule has 2 N–H and O–H groups in total. The van der Waals surface area contributed by atoms with Crippen molar-refractivity contribution in [2.75, 3.05) is 24.3 Å². The number of amides is 1. The highest BCUT2D eigenvalue weighted by Gasteiger charge is 2.17. The average Bonchev–Trinajstić information content (AvgIpc) is 2.56. The molecule has 0 aromatic heterocycles. The van der Waals surface area contributed by atoms with Crippen LogP contribution >= 0.6 is 11.6 Å². The number of methoxy groups -OCH3 is 1. The number of halogens is 1. The van der Waals surface area contributed by atoms with Crippen molar-refractivity contribution < 1.29 is 14.5 Å².